The highest BCUT2D eigenvalue weighted by atomic mass is 32.2. The molecule has 1 aliphatic rings. The summed E-state index contributed by atoms with van der Waals surface area (Å²) in [5, 5.41) is 10.9. The molecule has 0 bridgehead atoms. The maximum atomic E-state index is 13.2. The molecule has 9 heteroatoms. The molecule has 0 radical (unpaired) electrons. The fraction of sp³-hybridized carbons (Fsp3) is 0.536. The zero-order valence-electron chi connectivity index (χ0n) is 21.7. The van der Waals surface area contributed by atoms with E-state index in [1.165, 1.54) is 18.6 Å². The highest BCUT2D eigenvalue weighted by Gasteiger charge is 2.49. The van der Waals surface area contributed by atoms with Crippen LogP contribution in [0.15, 0.2) is 59.5 Å². The van der Waals surface area contributed by atoms with E-state index in [0.717, 1.165) is 37.7 Å². The first-order chi connectivity index (χ1) is 17.7. The maximum absolute atomic E-state index is 13.2. The summed E-state index contributed by atoms with van der Waals surface area (Å²) < 4.78 is 49.3. The summed E-state index contributed by atoms with van der Waals surface area (Å²) in [5.74, 6) is -0.713. The first-order valence-electron chi connectivity index (χ1n) is 12.9. The quantitative estimate of drug-likeness (QED) is 0.222. The minimum atomic E-state index is -4.29. The lowest BCUT2D eigenvalue weighted by molar-refractivity contribution is -0.286. The van der Waals surface area contributed by atoms with Crippen molar-refractivity contribution >= 4 is 16.1 Å². The van der Waals surface area contributed by atoms with Gasteiger partial charge in [-0.2, -0.15) is 8.42 Å². The number of hydrogen-bond donors (Lipinski definition) is 1. The Bertz CT molecular complexity index is 1070. The van der Waals surface area contributed by atoms with Gasteiger partial charge in [-0.05, 0) is 44.5 Å². The third-order valence-corrected chi connectivity index (χ3v) is 7.66. The van der Waals surface area contributed by atoms with E-state index in [0.29, 0.717) is 6.61 Å². The van der Waals surface area contributed by atoms with Crippen molar-refractivity contribution in [2.24, 2.45) is 0 Å². The number of ether oxygens (including phenoxy) is 3. The van der Waals surface area contributed by atoms with E-state index in [1.807, 2.05) is 6.92 Å². The molecular weight excluding hydrogens is 496 g/mol. The number of aliphatic hydroxyl groups excluding tert-OH is 1. The van der Waals surface area contributed by atoms with Crippen molar-refractivity contribution in [3.05, 3.63) is 65.7 Å². The Kier molecular flexibility index (Phi) is 11.1. The van der Waals surface area contributed by atoms with Crippen LogP contribution in [0.1, 0.15) is 68.3 Å². The van der Waals surface area contributed by atoms with Crippen molar-refractivity contribution in [2.45, 2.75) is 94.9 Å². The van der Waals surface area contributed by atoms with Crippen LogP contribution >= 0.6 is 0 Å². The lowest BCUT2D eigenvalue weighted by Gasteiger charge is -2.42. The van der Waals surface area contributed by atoms with Crippen molar-refractivity contribution in [1.82, 2.24) is 0 Å². The zero-order valence-corrected chi connectivity index (χ0v) is 22.6. The number of hydrogen-bond acceptors (Lipinski definition) is 8. The minimum Gasteiger partial charge on any atom is -0.453 e. The second-order valence-electron chi connectivity index (χ2n) is 9.40. The molecule has 1 N–H and O–H groups in total. The molecular formula is C28H38O8S. The SMILES string of the molecule is CCCCCCCCO[C@H]1O[C@@H](C)[C@H](O)[C@@H](OC(=O)c2ccccc2)[C@H]1OS(=O)(=O)c1ccc(C)cc1. The molecule has 37 heavy (non-hydrogen) atoms. The normalized spacial score (nSPS) is 24.1. The second kappa shape index (κ2) is 14.0. The second-order valence-corrected chi connectivity index (χ2v) is 11.0. The van der Waals surface area contributed by atoms with Crippen LogP contribution in [0.4, 0.5) is 0 Å². The molecule has 3 rings (SSSR count). The molecule has 0 unspecified atom stereocenters. The Hall–Kier alpha value is -2.30. The van der Waals surface area contributed by atoms with E-state index < -0.39 is 46.8 Å². The van der Waals surface area contributed by atoms with Gasteiger partial charge in [-0.25, -0.2) is 4.79 Å². The molecule has 1 fully saturated rings. The summed E-state index contributed by atoms with van der Waals surface area (Å²) >= 11 is 0. The molecule has 2 aromatic rings. The Morgan fingerprint density at radius 3 is 2.27 bits per heavy atom. The van der Waals surface area contributed by atoms with Gasteiger partial charge in [0.25, 0.3) is 10.1 Å². The maximum Gasteiger partial charge on any atom is 0.338 e. The third-order valence-electron chi connectivity index (χ3n) is 6.34. The van der Waals surface area contributed by atoms with Gasteiger partial charge >= 0.3 is 5.97 Å². The van der Waals surface area contributed by atoms with Crippen molar-refractivity contribution < 1.29 is 36.7 Å². The number of carbonyl (C=O) groups is 1. The van der Waals surface area contributed by atoms with Gasteiger partial charge in [0, 0.05) is 6.61 Å². The fourth-order valence-corrected chi connectivity index (χ4v) is 5.18. The molecule has 5 atom stereocenters. The van der Waals surface area contributed by atoms with Crippen LogP contribution < -0.4 is 0 Å². The van der Waals surface area contributed by atoms with Gasteiger partial charge < -0.3 is 19.3 Å². The smallest absolute Gasteiger partial charge is 0.338 e. The largest absolute Gasteiger partial charge is 0.453 e. The Labute approximate surface area is 220 Å². The van der Waals surface area contributed by atoms with E-state index in [9.17, 15) is 18.3 Å². The van der Waals surface area contributed by atoms with Crippen LogP contribution in [0, 0.1) is 6.92 Å². The summed E-state index contributed by atoms with van der Waals surface area (Å²) in [5.41, 5.74) is 1.15. The first-order valence-corrected chi connectivity index (χ1v) is 14.3. The molecule has 0 amide bonds. The summed E-state index contributed by atoms with van der Waals surface area (Å²) in [4.78, 5) is 12.8. The Balaban J connectivity index is 1.81. The van der Waals surface area contributed by atoms with E-state index in [-0.39, 0.29) is 10.5 Å². The summed E-state index contributed by atoms with van der Waals surface area (Å²) in [6.45, 7) is 5.92. The van der Waals surface area contributed by atoms with Crippen LogP contribution in [-0.2, 0) is 28.5 Å². The van der Waals surface area contributed by atoms with Crippen LogP contribution in [-0.4, -0.2) is 56.8 Å². The molecule has 8 nitrogen and oxygen atoms in total. The van der Waals surface area contributed by atoms with Gasteiger partial charge in [0.1, 0.15) is 6.10 Å². The molecule has 0 aromatic heterocycles. The molecule has 1 saturated heterocycles. The molecule has 0 spiro atoms. The zero-order chi connectivity index (χ0) is 26.8. The summed E-state index contributed by atoms with van der Waals surface area (Å²) in [7, 11) is -4.29. The highest BCUT2D eigenvalue weighted by Crippen LogP contribution is 2.30. The van der Waals surface area contributed by atoms with Crippen LogP contribution in [0.25, 0.3) is 0 Å². The van der Waals surface area contributed by atoms with Gasteiger partial charge in [0.05, 0.1) is 16.6 Å². The lowest BCUT2D eigenvalue weighted by atomic mass is 9.99. The lowest BCUT2D eigenvalue weighted by Crippen LogP contribution is -2.60. The van der Waals surface area contributed by atoms with E-state index in [2.05, 4.69) is 6.92 Å². The number of rotatable bonds is 13. The predicted molar refractivity (Wildman–Crippen MR) is 139 cm³/mol. The number of aryl methyl sites for hydroxylation is 1. The van der Waals surface area contributed by atoms with Crippen molar-refractivity contribution in [3.8, 4) is 0 Å². The predicted octanol–water partition coefficient (Wildman–Crippen LogP) is 4.78. The van der Waals surface area contributed by atoms with E-state index >= 15 is 0 Å². The van der Waals surface area contributed by atoms with Crippen molar-refractivity contribution in [3.63, 3.8) is 0 Å². The van der Waals surface area contributed by atoms with E-state index in [4.69, 9.17) is 18.4 Å². The van der Waals surface area contributed by atoms with Crippen LogP contribution in [0.3, 0.4) is 0 Å². The average molecular weight is 535 g/mol. The van der Waals surface area contributed by atoms with Crippen LogP contribution in [0.2, 0.25) is 0 Å². The van der Waals surface area contributed by atoms with Gasteiger partial charge in [-0.15, -0.1) is 0 Å². The topological polar surface area (TPSA) is 108 Å². The fourth-order valence-electron chi connectivity index (χ4n) is 4.11. The number of carbonyl (C=O) groups excluding carboxylic acids is 1. The molecule has 204 valence electrons. The average Bonchev–Trinajstić information content (AvgIpc) is 2.89. The van der Waals surface area contributed by atoms with Gasteiger partial charge in [-0.1, -0.05) is 74.9 Å². The summed E-state index contributed by atoms with van der Waals surface area (Å²) in [6, 6.07) is 14.5. The van der Waals surface area contributed by atoms with Crippen LogP contribution in [0.5, 0.6) is 0 Å². The molecule has 1 aliphatic heterocycles. The number of unbranched alkanes of at least 4 members (excludes halogenated alkanes) is 5. The molecule has 1 heterocycles. The minimum absolute atomic E-state index is 0.0611. The standard InChI is InChI=1S/C28H38O8S/c1-4-5-6-7-8-12-19-33-28-26(36-37(31,32)23-17-15-20(2)16-18-23)25(24(29)21(3)34-28)35-27(30)22-13-10-9-11-14-22/h9-11,13-18,21,24-26,28-29H,4-8,12,19H2,1-3H3/t21-,24-,25+,26+,28-/m0/s1. The molecule has 2 aromatic carbocycles. The third kappa shape index (κ3) is 8.35. The highest BCUT2D eigenvalue weighted by molar-refractivity contribution is 7.86. The number of benzene rings is 2. The van der Waals surface area contributed by atoms with Gasteiger partial charge in [0.15, 0.2) is 18.5 Å². The van der Waals surface area contributed by atoms with Crippen molar-refractivity contribution in [2.75, 3.05) is 6.61 Å². The Morgan fingerprint density at radius 2 is 1.59 bits per heavy atom. The summed E-state index contributed by atoms with van der Waals surface area (Å²) in [6.07, 6.45) is 0.253. The van der Waals surface area contributed by atoms with Gasteiger partial charge in [-0.3, -0.25) is 4.18 Å². The molecule has 0 aliphatic carbocycles. The number of esters is 1. The first kappa shape index (κ1) is 29.3. The van der Waals surface area contributed by atoms with Crippen molar-refractivity contribution in [1.29, 1.82) is 0 Å². The van der Waals surface area contributed by atoms with Gasteiger partial charge in [0.2, 0.25) is 0 Å². The molecule has 0 saturated carbocycles. The Morgan fingerprint density at radius 1 is 0.946 bits per heavy atom. The number of aliphatic hydroxyl groups is 1. The monoisotopic (exact) mass is 534 g/mol. The van der Waals surface area contributed by atoms with E-state index in [1.54, 1.807) is 49.4 Å².